The normalized spacial score (nSPS) is 20.0. The fourth-order valence-electron chi connectivity index (χ4n) is 7.46. The van der Waals surface area contributed by atoms with Crippen LogP contribution in [0.5, 0.6) is 5.75 Å². The van der Waals surface area contributed by atoms with E-state index in [1.165, 1.54) is 51.0 Å². The monoisotopic (exact) mass is 567 g/mol. The van der Waals surface area contributed by atoms with Crippen LogP contribution in [0.25, 0.3) is 28.0 Å². The van der Waals surface area contributed by atoms with E-state index < -0.39 is 5.60 Å². The molecule has 8 rings (SSSR count). The van der Waals surface area contributed by atoms with Crippen LogP contribution in [0.1, 0.15) is 47.2 Å². The summed E-state index contributed by atoms with van der Waals surface area (Å²) in [6.07, 6.45) is 4.43. The van der Waals surface area contributed by atoms with Gasteiger partial charge in [-0.3, -0.25) is 0 Å². The van der Waals surface area contributed by atoms with E-state index in [2.05, 4.69) is 105 Å². The average molecular weight is 568 g/mol. The third-order valence-corrected chi connectivity index (χ3v) is 9.64. The molecule has 1 atom stereocenters. The Morgan fingerprint density at radius 2 is 1.47 bits per heavy atom. The van der Waals surface area contributed by atoms with Gasteiger partial charge in [-0.15, -0.1) is 0 Å². The van der Waals surface area contributed by atoms with E-state index >= 15 is 0 Å². The molecule has 1 saturated heterocycles. The fourth-order valence-corrected chi connectivity index (χ4v) is 7.46. The lowest BCUT2D eigenvalue weighted by Crippen LogP contribution is -2.37. The minimum absolute atomic E-state index is 0.200. The van der Waals surface area contributed by atoms with Gasteiger partial charge in [0.15, 0.2) is 5.60 Å². The van der Waals surface area contributed by atoms with Crippen molar-refractivity contribution < 1.29 is 13.9 Å². The second-order valence-corrected chi connectivity index (χ2v) is 12.5. The number of hydrogen-bond donors (Lipinski definition) is 0. The first-order valence-electron chi connectivity index (χ1n) is 15.1. The molecule has 3 nitrogen and oxygen atoms in total. The number of ether oxygens (including phenoxy) is 2. The highest BCUT2D eigenvalue weighted by atomic mass is 19.1. The number of halogens is 1. The van der Waals surface area contributed by atoms with Gasteiger partial charge >= 0.3 is 0 Å². The molecule has 0 saturated carbocycles. The molecule has 0 amide bonds. The molecule has 0 bridgehead atoms. The van der Waals surface area contributed by atoms with Crippen molar-refractivity contribution in [2.75, 3.05) is 31.2 Å². The summed E-state index contributed by atoms with van der Waals surface area (Å²) in [6.45, 7) is 10.0. The Kier molecular flexibility index (Phi) is 5.83. The van der Waals surface area contributed by atoms with Gasteiger partial charge in [0.1, 0.15) is 11.6 Å². The largest absolute Gasteiger partial charge is 0.472 e. The molecule has 2 aliphatic heterocycles. The molecule has 0 radical (unpaired) electrons. The molecular formula is C39H34FNO2. The van der Waals surface area contributed by atoms with Crippen molar-refractivity contribution in [1.82, 2.24) is 0 Å². The van der Waals surface area contributed by atoms with Crippen LogP contribution in [0.15, 0.2) is 97.1 Å². The van der Waals surface area contributed by atoms with Crippen LogP contribution < -0.4 is 9.64 Å². The first kappa shape index (κ1) is 26.2. The quantitative estimate of drug-likeness (QED) is 0.218. The maximum atomic E-state index is 14.2. The zero-order chi connectivity index (χ0) is 29.3. The van der Waals surface area contributed by atoms with Crippen LogP contribution in [0.3, 0.4) is 0 Å². The van der Waals surface area contributed by atoms with Crippen LogP contribution in [-0.2, 0) is 15.8 Å². The van der Waals surface area contributed by atoms with Gasteiger partial charge in [-0.1, -0.05) is 92.2 Å². The van der Waals surface area contributed by atoms with Gasteiger partial charge in [-0.05, 0) is 64.9 Å². The maximum Gasteiger partial charge on any atom is 0.178 e. The molecule has 4 heteroatoms. The molecule has 5 aromatic carbocycles. The van der Waals surface area contributed by atoms with E-state index in [0.29, 0.717) is 0 Å². The standard InChI is InChI=1S/C39H34FNO2/c1-25-8-17-32-34(24-25)38(2,3)36-33-18-19-39(26-9-13-28(40)14-10-26,43-37(33)31-7-5-4-6-30(31)35(32)36)27-11-15-29(16-12-27)41-20-22-42-23-21-41/h4-19,24H,20-23H2,1-3H3. The predicted octanol–water partition coefficient (Wildman–Crippen LogP) is 8.78. The van der Waals surface area contributed by atoms with Crippen molar-refractivity contribution in [2.24, 2.45) is 0 Å². The Morgan fingerprint density at radius 1 is 0.791 bits per heavy atom. The molecule has 1 unspecified atom stereocenters. The van der Waals surface area contributed by atoms with Gasteiger partial charge in [0.25, 0.3) is 0 Å². The number of anilines is 1. The van der Waals surface area contributed by atoms with Crippen LogP contribution in [-0.4, -0.2) is 26.3 Å². The van der Waals surface area contributed by atoms with Gasteiger partial charge < -0.3 is 14.4 Å². The highest BCUT2D eigenvalue weighted by molar-refractivity contribution is 6.08. The molecule has 1 fully saturated rings. The number of benzene rings is 5. The molecule has 2 heterocycles. The van der Waals surface area contributed by atoms with E-state index in [1.807, 2.05) is 12.1 Å². The molecule has 0 spiro atoms. The van der Waals surface area contributed by atoms with Crippen LogP contribution in [0.2, 0.25) is 0 Å². The van der Waals surface area contributed by atoms with Gasteiger partial charge in [-0.25, -0.2) is 4.39 Å². The number of hydrogen-bond acceptors (Lipinski definition) is 3. The zero-order valence-corrected chi connectivity index (χ0v) is 24.8. The van der Waals surface area contributed by atoms with Crippen molar-refractivity contribution in [1.29, 1.82) is 0 Å². The predicted molar refractivity (Wildman–Crippen MR) is 173 cm³/mol. The molecular weight excluding hydrogens is 533 g/mol. The van der Waals surface area contributed by atoms with Crippen LogP contribution in [0.4, 0.5) is 10.1 Å². The zero-order valence-electron chi connectivity index (χ0n) is 24.8. The van der Waals surface area contributed by atoms with Crippen molar-refractivity contribution in [2.45, 2.75) is 31.8 Å². The summed E-state index contributed by atoms with van der Waals surface area (Å²) < 4.78 is 27.1. The summed E-state index contributed by atoms with van der Waals surface area (Å²) in [5.41, 5.74) is 9.56. The minimum atomic E-state index is -0.923. The van der Waals surface area contributed by atoms with Crippen molar-refractivity contribution in [3.8, 4) is 16.9 Å². The van der Waals surface area contributed by atoms with E-state index in [-0.39, 0.29) is 11.2 Å². The SMILES string of the molecule is Cc1ccc2c(c1)C(C)(C)c1c3c(c4ccccc4c1-2)OC(c1ccc(F)cc1)(c1ccc(N2CCOCC2)cc1)C=C3. The van der Waals surface area contributed by atoms with Crippen LogP contribution >= 0.6 is 0 Å². The van der Waals surface area contributed by atoms with Gasteiger partial charge in [0.2, 0.25) is 0 Å². The highest BCUT2D eigenvalue weighted by Gasteiger charge is 2.44. The summed E-state index contributed by atoms with van der Waals surface area (Å²) in [4.78, 5) is 2.35. The number of fused-ring (bicyclic) bond motifs is 8. The van der Waals surface area contributed by atoms with Crippen molar-refractivity contribution in [3.05, 3.63) is 136 Å². The Bertz CT molecular complexity index is 1920. The Labute approximate surface area is 252 Å². The van der Waals surface area contributed by atoms with Gasteiger partial charge in [0, 0.05) is 46.3 Å². The molecule has 5 aromatic rings. The van der Waals surface area contributed by atoms with E-state index in [4.69, 9.17) is 9.47 Å². The Morgan fingerprint density at radius 3 is 2.19 bits per heavy atom. The van der Waals surface area contributed by atoms with Crippen molar-refractivity contribution in [3.63, 3.8) is 0 Å². The molecule has 214 valence electrons. The second kappa shape index (κ2) is 9.55. The van der Waals surface area contributed by atoms with E-state index in [0.717, 1.165) is 54.1 Å². The third-order valence-electron chi connectivity index (χ3n) is 9.64. The fraction of sp³-hybridized carbons (Fsp3) is 0.231. The summed E-state index contributed by atoms with van der Waals surface area (Å²) in [7, 11) is 0. The average Bonchev–Trinajstić information content (AvgIpc) is 3.28. The molecule has 1 aliphatic carbocycles. The summed E-state index contributed by atoms with van der Waals surface area (Å²) >= 11 is 0. The first-order valence-corrected chi connectivity index (χ1v) is 15.1. The molecule has 0 N–H and O–H groups in total. The maximum absolute atomic E-state index is 14.2. The number of rotatable bonds is 3. The molecule has 3 aliphatic rings. The Balaban J connectivity index is 1.35. The molecule has 0 aromatic heterocycles. The number of morpholine rings is 1. The van der Waals surface area contributed by atoms with Gasteiger partial charge in [0.05, 0.1) is 13.2 Å². The van der Waals surface area contributed by atoms with Crippen LogP contribution in [0, 0.1) is 12.7 Å². The summed E-state index contributed by atoms with van der Waals surface area (Å²) in [6, 6.07) is 30.8. The van der Waals surface area contributed by atoms with Gasteiger partial charge in [-0.2, -0.15) is 0 Å². The number of aryl methyl sites for hydroxylation is 1. The lowest BCUT2D eigenvalue weighted by molar-refractivity contribution is 0.122. The smallest absolute Gasteiger partial charge is 0.178 e. The lowest BCUT2D eigenvalue weighted by Gasteiger charge is -2.38. The summed E-state index contributed by atoms with van der Waals surface area (Å²) in [5.74, 6) is 0.607. The van der Waals surface area contributed by atoms with E-state index in [9.17, 15) is 4.39 Å². The Hall–Kier alpha value is -4.41. The third kappa shape index (κ3) is 3.89. The second-order valence-electron chi connectivity index (χ2n) is 12.5. The molecule has 43 heavy (non-hydrogen) atoms. The number of nitrogens with zero attached hydrogens (tertiary/aromatic N) is 1. The highest BCUT2D eigenvalue weighted by Crippen LogP contribution is 2.58. The van der Waals surface area contributed by atoms with Crippen molar-refractivity contribution >= 4 is 22.5 Å². The first-order chi connectivity index (χ1) is 20.9. The lowest BCUT2D eigenvalue weighted by atomic mass is 9.76. The topological polar surface area (TPSA) is 21.7 Å². The minimum Gasteiger partial charge on any atom is -0.472 e. The summed E-state index contributed by atoms with van der Waals surface area (Å²) in [5, 5.41) is 2.28. The van der Waals surface area contributed by atoms with E-state index in [1.54, 1.807) is 0 Å².